The van der Waals surface area contributed by atoms with Crippen molar-refractivity contribution in [1.29, 1.82) is 0 Å². The van der Waals surface area contributed by atoms with E-state index in [-0.39, 0.29) is 30.3 Å². The summed E-state index contributed by atoms with van der Waals surface area (Å²) in [5.41, 5.74) is -1.32. The Hall–Kier alpha value is -2.91. The maximum absolute atomic E-state index is 13.4. The fraction of sp³-hybridized carbons (Fsp3) is 0.471. The molecule has 1 unspecified atom stereocenters. The summed E-state index contributed by atoms with van der Waals surface area (Å²) < 4.78 is 93.7. The van der Waals surface area contributed by atoms with Crippen LogP contribution in [0.15, 0.2) is 72.8 Å². The van der Waals surface area contributed by atoms with Crippen LogP contribution in [-0.4, -0.2) is 35.2 Å². The van der Waals surface area contributed by atoms with Gasteiger partial charge in [-0.3, -0.25) is 0 Å². The molecule has 3 aromatic carbocycles. The Kier molecular flexibility index (Phi) is 9.23. The molecule has 1 N–H and O–H groups in total. The highest BCUT2D eigenvalue weighted by Crippen LogP contribution is 2.46. The Bertz CT molecular complexity index is 1310. The Morgan fingerprint density at radius 2 is 1.33 bits per heavy atom. The highest BCUT2D eigenvalue weighted by atomic mass is 19.4. The van der Waals surface area contributed by atoms with Crippen molar-refractivity contribution in [3.05, 3.63) is 106 Å². The minimum absolute atomic E-state index is 0.0429. The standard InChI is InChI=1S/C34H36F7NO/c35-29-9-7-24(8-10-29)25-14-18-42(19-15-25)30-12-16-32(17-13-30,26-4-2-1-3-5-26)31(43)11-6-23-20-27(33(36,37)38)22-28(21-23)34(39,40)41/h1-5,7-10,20-22,25,30-31,43H,6,11-19H2. The van der Waals surface area contributed by atoms with Gasteiger partial charge in [-0.1, -0.05) is 42.5 Å². The smallest absolute Gasteiger partial charge is 0.392 e. The lowest BCUT2D eigenvalue weighted by molar-refractivity contribution is -0.143. The van der Waals surface area contributed by atoms with Gasteiger partial charge in [0.25, 0.3) is 0 Å². The number of benzene rings is 3. The molecule has 0 radical (unpaired) electrons. The van der Waals surface area contributed by atoms with Gasteiger partial charge in [-0.05, 0) is 117 Å². The Balaban J connectivity index is 1.27. The molecule has 1 aliphatic carbocycles. The number of hydrogen-bond donors (Lipinski definition) is 1. The van der Waals surface area contributed by atoms with E-state index in [2.05, 4.69) is 4.90 Å². The molecule has 0 aromatic heterocycles. The van der Waals surface area contributed by atoms with E-state index < -0.39 is 35.0 Å². The minimum Gasteiger partial charge on any atom is -0.392 e. The maximum Gasteiger partial charge on any atom is 0.416 e. The summed E-state index contributed by atoms with van der Waals surface area (Å²) in [6.45, 7) is 1.84. The number of alkyl halides is 6. The van der Waals surface area contributed by atoms with Crippen LogP contribution in [-0.2, 0) is 24.2 Å². The third-order valence-electron chi connectivity index (χ3n) is 9.58. The first-order chi connectivity index (χ1) is 20.3. The predicted octanol–water partition coefficient (Wildman–Crippen LogP) is 8.92. The molecule has 0 bridgehead atoms. The minimum atomic E-state index is -4.91. The number of hydrogen-bond acceptors (Lipinski definition) is 2. The van der Waals surface area contributed by atoms with Crippen LogP contribution in [0.4, 0.5) is 30.7 Å². The summed E-state index contributed by atoms with van der Waals surface area (Å²) >= 11 is 0. The van der Waals surface area contributed by atoms with Crippen molar-refractivity contribution in [3.63, 3.8) is 0 Å². The summed E-state index contributed by atoms with van der Waals surface area (Å²) in [5.74, 6) is 0.146. The largest absolute Gasteiger partial charge is 0.416 e. The fourth-order valence-electron chi connectivity index (χ4n) is 7.14. The number of halogens is 7. The molecular formula is C34H36F7NO. The number of aryl methyl sites for hydroxylation is 1. The van der Waals surface area contributed by atoms with Gasteiger partial charge in [0.15, 0.2) is 0 Å². The molecule has 1 heterocycles. The van der Waals surface area contributed by atoms with E-state index >= 15 is 0 Å². The predicted molar refractivity (Wildman–Crippen MR) is 151 cm³/mol. The van der Waals surface area contributed by atoms with E-state index in [0.717, 1.165) is 62.0 Å². The molecule has 232 valence electrons. The number of piperidine rings is 1. The number of likely N-dealkylation sites (tertiary alicyclic amines) is 1. The monoisotopic (exact) mass is 607 g/mol. The highest BCUT2D eigenvalue weighted by molar-refractivity contribution is 5.34. The van der Waals surface area contributed by atoms with Gasteiger partial charge in [-0.15, -0.1) is 0 Å². The second-order valence-electron chi connectivity index (χ2n) is 12.1. The van der Waals surface area contributed by atoms with Crippen LogP contribution in [0.2, 0.25) is 0 Å². The molecule has 0 spiro atoms. The molecule has 2 nitrogen and oxygen atoms in total. The first kappa shape index (κ1) is 31.5. The van der Waals surface area contributed by atoms with E-state index in [1.54, 1.807) is 0 Å². The number of aliphatic hydroxyl groups excluding tert-OH is 1. The second kappa shape index (κ2) is 12.6. The molecule has 1 saturated heterocycles. The van der Waals surface area contributed by atoms with Crippen molar-refractivity contribution in [2.24, 2.45) is 0 Å². The van der Waals surface area contributed by atoms with E-state index in [9.17, 15) is 35.8 Å². The van der Waals surface area contributed by atoms with Crippen LogP contribution in [0.5, 0.6) is 0 Å². The summed E-state index contributed by atoms with van der Waals surface area (Å²) in [7, 11) is 0. The van der Waals surface area contributed by atoms with Gasteiger partial charge in [-0.25, -0.2) is 4.39 Å². The molecule has 0 amide bonds. The van der Waals surface area contributed by atoms with Gasteiger partial charge < -0.3 is 10.0 Å². The lowest BCUT2D eigenvalue weighted by Crippen LogP contribution is -2.49. The van der Waals surface area contributed by atoms with Crippen LogP contribution in [0, 0.1) is 5.82 Å². The molecule has 5 rings (SSSR count). The van der Waals surface area contributed by atoms with Crippen LogP contribution >= 0.6 is 0 Å². The summed E-state index contributed by atoms with van der Waals surface area (Å²) in [6.07, 6.45) is -5.89. The highest BCUT2D eigenvalue weighted by Gasteiger charge is 2.44. The van der Waals surface area contributed by atoms with Crippen molar-refractivity contribution < 1.29 is 35.8 Å². The van der Waals surface area contributed by atoms with Crippen molar-refractivity contribution in [3.8, 4) is 0 Å². The summed E-state index contributed by atoms with van der Waals surface area (Å²) in [5, 5.41) is 11.6. The number of aliphatic hydroxyl groups is 1. The summed E-state index contributed by atoms with van der Waals surface area (Å²) in [4.78, 5) is 2.49. The van der Waals surface area contributed by atoms with Gasteiger partial charge in [0.05, 0.1) is 17.2 Å². The average Bonchev–Trinajstić information content (AvgIpc) is 3.00. The quantitative estimate of drug-likeness (QED) is 0.271. The topological polar surface area (TPSA) is 23.5 Å². The van der Waals surface area contributed by atoms with Crippen LogP contribution in [0.1, 0.15) is 78.7 Å². The van der Waals surface area contributed by atoms with Crippen molar-refractivity contribution >= 4 is 0 Å². The van der Waals surface area contributed by atoms with Gasteiger partial charge in [0.1, 0.15) is 5.82 Å². The maximum atomic E-state index is 13.4. The van der Waals surface area contributed by atoms with Crippen LogP contribution < -0.4 is 0 Å². The Labute approximate surface area is 247 Å². The Morgan fingerprint density at radius 1 is 0.767 bits per heavy atom. The van der Waals surface area contributed by atoms with Crippen LogP contribution in [0.3, 0.4) is 0 Å². The lowest BCUT2D eigenvalue weighted by atomic mass is 9.63. The molecular weight excluding hydrogens is 571 g/mol. The van der Waals surface area contributed by atoms with Crippen molar-refractivity contribution in [2.45, 2.75) is 87.2 Å². The average molecular weight is 608 g/mol. The second-order valence-corrected chi connectivity index (χ2v) is 12.1. The zero-order valence-corrected chi connectivity index (χ0v) is 23.8. The fourth-order valence-corrected chi connectivity index (χ4v) is 7.14. The first-order valence-corrected chi connectivity index (χ1v) is 14.9. The molecule has 1 saturated carbocycles. The first-order valence-electron chi connectivity index (χ1n) is 14.9. The summed E-state index contributed by atoms with van der Waals surface area (Å²) in [6, 6.07) is 18.2. The van der Waals surface area contributed by atoms with Crippen molar-refractivity contribution in [2.75, 3.05) is 13.1 Å². The Morgan fingerprint density at radius 3 is 1.86 bits per heavy atom. The van der Waals surface area contributed by atoms with Crippen LogP contribution in [0.25, 0.3) is 0 Å². The molecule has 1 aliphatic heterocycles. The zero-order chi connectivity index (χ0) is 30.8. The molecule has 2 aliphatic rings. The molecule has 1 atom stereocenters. The number of rotatable bonds is 7. The van der Waals surface area contributed by atoms with Gasteiger partial charge in [0.2, 0.25) is 0 Å². The lowest BCUT2D eigenvalue weighted by Gasteiger charge is -2.48. The van der Waals surface area contributed by atoms with E-state index in [0.29, 0.717) is 24.8 Å². The van der Waals surface area contributed by atoms with Gasteiger partial charge >= 0.3 is 12.4 Å². The van der Waals surface area contributed by atoms with E-state index in [1.807, 2.05) is 42.5 Å². The van der Waals surface area contributed by atoms with Crippen molar-refractivity contribution in [1.82, 2.24) is 4.90 Å². The molecule has 2 fully saturated rings. The van der Waals surface area contributed by atoms with E-state index in [4.69, 9.17) is 0 Å². The van der Waals surface area contributed by atoms with E-state index in [1.165, 1.54) is 12.1 Å². The van der Waals surface area contributed by atoms with Gasteiger partial charge in [0, 0.05) is 11.5 Å². The SMILES string of the molecule is OC(CCc1cc(C(F)(F)F)cc(C(F)(F)F)c1)C1(c2ccccc2)CCC(N2CCC(c3ccc(F)cc3)CC2)CC1. The molecule has 3 aromatic rings. The zero-order valence-electron chi connectivity index (χ0n) is 23.8. The third kappa shape index (κ3) is 7.26. The van der Waals surface area contributed by atoms with Gasteiger partial charge in [-0.2, -0.15) is 26.3 Å². The normalized spacial score (nSPS) is 23.3. The number of nitrogens with zero attached hydrogens (tertiary/aromatic N) is 1. The third-order valence-corrected chi connectivity index (χ3v) is 9.58. The molecule has 43 heavy (non-hydrogen) atoms. The molecule has 9 heteroatoms.